The quantitative estimate of drug-likeness (QED) is 0.105. The van der Waals surface area contributed by atoms with Crippen LogP contribution in [-0.2, 0) is 35.6 Å². The molecule has 0 fully saturated rings. The number of carbonyl (C=O) groups excluding carboxylic acids is 2. The highest BCUT2D eigenvalue weighted by molar-refractivity contribution is 7.89. The van der Waals surface area contributed by atoms with Crippen molar-refractivity contribution >= 4 is 55.0 Å². The van der Waals surface area contributed by atoms with Gasteiger partial charge in [-0.2, -0.15) is 0 Å². The largest absolute Gasteiger partial charge is 0.380 e. The highest BCUT2D eigenvalue weighted by atomic mass is 32.2. The summed E-state index contributed by atoms with van der Waals surface area (Å²) >= 11 is 1.38. The first-order chi connectivity index (χ1) is 19.1. The van der Waals surface area contributed by atoms with E-state index in [1.807, 2.05) is 30.3 Å². The number of carbonyl (C=O) groups is 2. The molecule has 3 aromatic carbocycles. The van der Waals surface area contributed by atoms with Crippen molar-refractivity contribution in [2.45, 2.75) is 24.3 Å². The van der Waals surface area contributed by atoms with Crippen molar-refractivity contribution in [3.8, 4) is 0 Å². The van der Waals surface area contributed by atoms with Crippen LogP contribution < -0.4 is 15.8 Å². The van der Waals surface area contributed by atoms with E-state index in [0.29, 0.717) is 16.3 Å². The zero-order valence-corrected chi connectivity index (χ0v) is 23.3. The Morgan fingerprint density at radius 3 is 2.60 bits per heavy atom. The minimum atomic E-state index is -4.05. The van der Waals surface area contributed by atoms with Gasteiger partial charge in [0.2, 0.25) is 15.9 Å². The molecule has 40 heavy (non-hydrogen) atoms. The van der Waals surface area contributed by atoms with Crippen molar-refractivity contribution in [1.82, 2.24) is 9.71 Å². The van der Waals surface area contributed by atoms with Gasteiger partial charge < -0.3 is 20.6 Å². The number of benzene rings is 3. The Hall–Kier alpha value is -4.17. The van der Waals surface area contributed by atoms with Crippen LogP contribution in [0.1, 0.15) is 29.1 Å². The molecule has 0 radical (unpaired) electrons. The second kappa shape index (κ2) is 12.8. The zero-order valence-electron chi connectivity index (χ0n) is 21.7. The highest BCUT2D eigenvalue weighted by Crippen LogP contribution is 2.30. The number of amidine groups is 1. The van der Waals surface area contributed by atoms with Gasteiger partial charge in [0, 0.05) is 25.3 Å². The summed E-state index contributed by atoms with van der Waals surface area (Å²) in [5.41, 5.74) is 8.28. The molecule has 1 aromatic heterocycles. The number of hydrogen-bond donors (Lipinski definition) is 3. The summed E-state index contributed by atoms with van der Waals surface area (Å²) in [6, 6.07) is 19.7. The lowest BCUT2D eigenvalue weighted by atomic mass is 10.0. The molecule has 0 aliphatic carbocycles. The molecule has 1 amide bonds. The molecule has 0 aliphatic rings. The molecular weight excluding hydrogens is 554 g/mol. The van der Waals surface area contributed by atoms with Crippen LogP contribution in [0.4, 0.5) is 5.69 Å². The molecule has 0 aliphatic heterocycles. The summed E-state index contributed by atoms with van der Waals surface area (Å²) in [6.07, 6.45) is 0.234. The lowest BCUT2D eigenvalue weighted by Gasteiger charge is -2.18. The van der Waals surface area contributed by atoms with E-state index in [4.69, 9.17) is 10.5 Å². The molecule has 0 spiro atoms. The number of rotatable bonds is 11. The van der Waals surface area contributed by atoms with Gasteiger partial charge in [0.15, 0.2) is 5.84 Å². The van der Waals surface area contributed by atoms with E-state index in [9.17, 15) is 18.0 Å². The van der Waals surface area contributed by atoms with Crippen LogP contribution in [0.25, 0.3) is 10.2 Å². The number of thiazole rings is 1. The Morgan fingerprint density at radius 1 is 1.07 bits per heavy atom. The molecule has 1 unspecified atom stereocenters. The molecule has 1 atom stereocenters. The van der Waals surface area contributed by atoms with Crippen LogP contribution in [0, 0.1) is 0 Å². The summed E-state index contributed by atoms with van der Waals surface area (Å²) in [5.74, 6) is -1.01. The summed E-state index contributed by atoms with van der Waals surface area (Å²) in [4.78, 5) is 32.3. The number of nitrogens with zero attached hydrogens (tertiary/aromatic N) is 2. The Labute approximate surface area is 235 Å². The minimum Gasteiger partial charge on any atom is -0.380 e. The standard InChI is InChI=1S/C27H27N5O6S2/c1-17(33)38-31-26(28)19-8-5-7-18(13-19)14-23(27-30-22-11-3-4-12-24(22)39-27)32-40(35,36)21-10-6-9-20(15-21)29-25(34)16-37-2/h3-13,15,23,32H,14,16H2,1-2H3,(H2,28,31)(H,29,34). The van der Waals surface area contributed by atoms with Crippen LogP contribution in [-0.4, -0.2) is 44.8 Å². The lowest BCUT2D eigenvalue weighted by Crippen LogP contribution is -2.30. The molecule has 13 heteroatoms. The van der Waals surface area contributed by atoms with Gasteiger partial charge >= 0.3 is 5.97 Å². The molecule has 4 aromatic rings. The number of methoxy groups -OCH3 is 1. The molecule has 208 valence electrons. The van der Waals surface area contributed by atoms with Gasteiger partial charge in [-0.15, -0.1) is 11.3 Å². The molecule has 0 bridgehead atoms. The third kappa shape index (κ3) is 7.48. The van der Waals surface area contributed by atoms with Crippen molar-refractivity contribution in [3.05, 3.63) is 88.9 Å². The maximum atomic E-state index is 13.5. The second-order valence-corrected chi connectivity index (χ2v) is 11.4. The van der Waals surface area contributed by atoms with Crippen LogP contribution in [0.2, 0.25) is 0 Å². The molecule has 4 N–H and O–H groups in total. The monoisotopic (exact) mass is 581 g/mol. The maximum absolute atomic E-state index is 13.5. The molecule has 4 rings (SSSR count). The minimum absolute atomic E-state index is 0.00139. The highest BCUT2D eigenvalue weighted by Gasteiger charge is 2.25. The fourth-order valence-corrected chi connectivity index (χ4v) is 6.14. The number of anilines is 1. The van der Waals surface area contributed by atoms with Gasteiger partial charge in [0.1, 0.15) is 11.6 Å². The Morgan fingerprint density at radius 2 is 1.85 bits per heavy atom. The predicted octanol–water partition coefficient (Wildman–Crippen LogP) is 3.33. The third-order valence-corrected chi connectivity index (χ3v) is 8.16. The molecule has 0 saturated carbocycles. The Kier molecular flexibility index (Phi) is 9.22. The van der Waals surface area contributed by atoms with Crippen LogP contribution in [0.5, 0.6) is 0 Å². The number of para-hydroxylation sites is 1. The Bertz CT molecular complexity index is 1640. The summed E-state index contributed by atoms with van der Waals surface area (Å²) in [6.45, 7) is 1.05. The van der Waals surface area contributed by atoms with Gasteiger partial charge in [0.05, 0.1) is 21.2 Å². The van der Waals surface area contributed by atoms with E-state index in [0.717, 1.165) is 15.8 Å². The Balaban J connectivity index is 1.66. The molecular formula is C27H27N5O6S2. The molecule has 11 nitrogen and oxygen atoms in total. The summed E-state index contributed by atoms with van der Waals surface area (Å²) in [5, 5.41) is 6.81. The second-order valence-electron chi connectivity index (χ2n) is 8.67. The summed E-state index contributed by atoms with van der Waals surface area (Å²) < 4.78 is 35.6. The van der Waals surface area contributed by atoms with Crippen molar-refractivity contribution in [2.24, 2.45) is 10.9 Å². The number of nitrogens with two attached hydrogens (primary N) is 1. The smallest absolute Gasteiger partial charge is 0.332 e. The van der Waals surface area contributed by atoms with Crippen LogP contribution in [0.3, 0.4) is 0 Å². The fourth-order valence-electron chi connectivity index (χ4n) is 3.80. The van der Waals surface area contributed by atoms with Crippen LogP contribution in [0.15, 0.2) is 82.8 Å². The third-order valence-electron chi connectivity index (χ3n) is 5.54. The number of oxime groups is 1. The van der Waals surface area contributed by atoms with Gasteiger partial charge in [-0.25, -0.2) is 22.9 Å². The number of hydrogen-bond acceptors (Lipinski definition) is 9. The number of ether oxygens (including phenoxy) is 1. The maximum Gasteiger partial charge on any atom is 0.332 e. The van der Waals surface area contributed by atoms with E-state index in [1.165, 1.54) is 37.5 Å². The first kappa shape index (κ1) is 28.8. The van der Waals surface area contributed by atoms with Gasteiger partial charge in [-0.05, 0) is 48.4 Å². The molecule has 1 heterocycles. The van der Waals surface area contributed by atoms with E-state index in [1.54, 1.807) is 30.3 Å². The zero-order chi connectivity index (χ0) is 28.7. The van der Waals surface area contributed by atoms with Gasteiger partial charge in [-0.1, -0.05) is 41.6 Å². The van der Waals surface area contributed by atoms with E-state index in [2.05, 4.69) is 25.0 Å². The predicted molar refractivity (Wildman–Crippen MR) is 152 cm³/mol. The number of nitrogens with one attached hydrogen (secondary N) is 2. The van der Waals surface area contributed by atoms with Crippen molar-refractivity contribution in [2.75, 3.05) is 19.0 Å². The molecule has 0 saturated heterocycles. The van der Waals surface area contributed by atoms with Gasteiger partial charge in [-0.3, -0.25) is 4.79 Å². The fraction of sp³-hybridized carbons (Fsp3) is 0.185. The average molecular weight is 582 g/mol. The van der Waals surface area contributed by atoms with Crippen LogP contribution >= 0.6 is 11.3 Å². The number of fused-ring (bicyclic) bond motifs is 1. The van der Waals surface area contributed by atoms with Crippen molar-refractivity contribution in [3.63, 3.8) is 0 Å². The lowest BCUT2D eigenvalue weighted by molar-refractivity contribution is -0.140. The summed E-state index contributed by atoms with van der Waals surface area (Å²) in [7, 11) is -2.66. The normalized spacial score (nSPS) is 12.7. The van der Waals surface area contributed by atoms with Crippen molar-refractivity contribution in [1.29, 1.82) is 0 Å². The first-order valence-electron chi connectivity index (χ1n) is 12.0. The van der Waals surface area contributed by atoms with Gasteiger partial charge in [0.25, 0.3) is 0 Å². The number of sulfonamides is 1. The first-order valence-corrected chi connectivity index (χ1v) is 14.3. The van der Waals surface area contributed by atoms with E-state index in [-0.39, 0.29) is 23.8 Å². The average Bonchev–Trinajstić information content (AvgIpc) is 3.36. The topological polar surface area (TPSA) is 162 Å². The van der Waals surface area contributed by atoms with E-state index >= 15 is 0 Å². The SMILES string of the molecule is COCC(=O)Nc1cccc(S(=O)(=O)NC(Cc2cccc(/C(N)=N\OC(C)=O)c2)c2nc3ccccc3s2)c1. The number of aromatic nitrogens is 1. The van der Waals surface area contributed by atoms with Crippen molar-refractivity contribution < 1.29 is 27.6 Å². The number of amides is 1. The van der Waals surface area contributed by atoms with E-state index < -0.39 is 27.9 Å².